The molecule has 92 valence electrons. The molecule has 0 bridgehead atoms. The van der Waals surface area contributed by atoms with Crippen LogP contribution < -0.4 is 51.4 Å². The second-order valence-electron chi connectivity index (χ2n) is 1.98. The van der Waals surface area contributed by atoms with Crippen LogP contribution in [0.2, 0.25) is 0 Å². The summed E-state index contributed by atoms with van der Waals surface area (Å²) in [6.07, 6.45) is -6.60. The van der Waals surface area contributed by atoms with Crippen LogP contribution in [0.4, 0.5) is 25.8 Å². The molecule has 0 aliphatic rings. The fourth-order valence-electron chi connectivity index (χ4n) is 0.310. The van der Waals surface area contributed by atoms with Crippen LogP contribution in [0.1, 0.15) is 0 Å². The molecule has 0 aromatic heterocycles. The maximum absolute atomic E-state index is 12.0. The number of rotatable bonds is 3. The minimum absolute atomic E-state index is 0. The molecule has 0 fully saturated rings. The predicted octanol–water partition coefficient (Wildman–Crippen LogP) is -1.94. The van der Waals surface area contributed by atoms with Crippen LogP contribution in [0, 0.1) is 0 Å². The Morgan fingerprint density at radius 3 is 1.38 bits per heavy atom. The first-order chi connectivity index (χ1) is 6.21. The number of nitrogens with zero attached hydrogens (tertiary/aromatic N) is 1. The van der Waals surface area contributed by atoms with Gasteiger partial charge in [-0.2, -0.15) is 22.0 Å². The summed E-state index contributed by atoms with van der Waals surface area (Å²) < 4.78 is 110. The maximum atomic E-state index is 12.0. The van der Waals surface area contributed by atoms with Crippen molar-refractivity contribution in [3.63, 3.8) is 0 Å². The van der Waals surface area contributed by atoms with E-state index in [1.165, 1.54) is 0 Å². The third-order valence-electron chi connectivity index (χ3n) is 0.841. The number of halogens is 6. The van der Waals surface area contributed by atoms with E-state index in [-0.39, 0.29) is 51.4 Å². The average Bonchev–Trinajstić information content (AvgIpc) is 1.77. The molecule has 0 aliphatic heterocycles. The molecule has 0 N–H and O–H groups in total. The molecule has 16 heavy (non-hydrogen) atoms. The predicted molar refractivity (Wildman–Crippen MR) is 33.3 cm³/mol. The fraction of sp³-hybridized carbons (Fsp3) is 1.00. The standard InChI is InChI=1S/C2F6NO4S2.K/c3-1(4,5)2(6,7)14(10,11)9-15(8,12)13;/q-1;+1. The number of hydrogen-bond acceptors (Lipinski definition) is 4. The second-order valence-corrected chi connectivity index (χ2v) is 4.86. The summed E-state index contributed by atoms with van der Waals surface area (Å²) >= 11 is 0. The maximum Gasteiger partial charge on any atom is 1.00 e. The van der Waals surface area contributed by atoms with E-state index in [2.05, 4.69) is 0 Å². The molecular formula is C2F6KNO4S2. The second kappa shape index (κ2) is 5.37. The first-order valence-corrected chi connectivity index (χ1v) is 5.37. The third kappa shape index (κ3) is 4.75. The van der Waals surface area contributed by atoms with Crippen molar-refractivity contribution in [2.24, 2.45) is 0 Å². The average molecular weight is 319 g/mol. The molecule has 0 heterocycles. The first kappa shape index (κ1) is 19.4. The summed E-state index contributed by atoms with van der Waals surface area (Å²) in [7, 11) is -13.2. The third-order valence-corrected chi connectivity index (χ3v) is 3.22. The molecule has 0 rings (SSSR count). The molecule has 0 aliphatic carbocycles. The molecule has 0 unspecified atom stereocenters. The van der Waals surface area contributed by atoms with Gasteiger partial charge >= 0.3 is 62.8 Å². The molecule has 14 heteroatoms. The van der Waals surface area contributed by atoms with Crippen LogP contribution in [-0.2, 0) is 20.4 Å². The van der Waals surface area contributed by atoms with Crippen molar-refractivity contribution in [3.05, 3.63) is 4.13 Å². The van der Waals surface area contributed by atoms with Gasteiger partial charge in [-0.15, -0.1) is 3.89 Å². The van der Waals surface area contributed by atoms with Crippen LogP contribution in [0.3, 0.4) is 0 Å². The zero-order valence-electron chi connectivity index (χ0n) is 7.16. The Labute approximate surface area is 128 Å². The van der Waals surface area contributed by atoms with Gasteiger partial charge < -0.3 is 4.13 Å². The zero-order chi connectivity index (χ0) is 12.7. The Kier molecular flexibility index (Phi) is 6.52. The van der Waals surface area contributed by atoms with Gasteiger partial charge in [0.05, 0.1) is 0 Å². The van der Waals surface area contributed by atoms with Crippen LogP contribution in [-0.4, -0.2) is 28.3 Å². The first-order valence-electron chi connectivity index (χ1n) is 2.59. The van der Waals surface area contributed by atoms with E-state index in [9.17, 15) is 42.7 Å². The van der Waals surface area contributed by atoms with E-state index in [1.54, 1.807) is 0 Å². The van der Waals surface area contributed by atoms with Crippen LogP contribution in [0.25, 0.3) is 4.13 Å². The monoisotopic (exact) mass is 319 g/mol. The molecule has 0 spiro atoms. The molecule has 0 aromatic rings. The van der Waals surface area contributed by atoms with Crippen molar-refractivity contribution < 1.29 is 94.1 Å². The molecule has 0 radical (unpaired) electrons. The van der Waals surface area contributed by atoms with E-state index in [0.717, 1.165) is 4.13 Å². The fourth-order valence-corrected chi connectivity index (χ4v) is 1.91. The summed E-state index contributed by atoms with van der Waals surface area (Å²) in [6, 6.07) is 0. The van der Waals surface area contributed by atoms with Crippen molar-refractivity contribution in [1.82, 2.24) is 0 Å². The zero-order valence-corrected chi connectivity index (χ0v) is 11.9. The Morgan fingerprint density at radius 1 is 0.875 bits per heavy atom. The Balaban J connectivity index is 0. The number of sulfonamides is 1. The smallest absolute Gasteiger partial charge is 0.402 e. The van der Waals surface area contributed by atoms with Gasteiger partial charge in [0.2, 0.25) is 10.4 Å². The van der Waals surface area contributed by atoms with Crippen LogP contribution in [0.15, 0.2) is 0 Å². The van der Waals surface area contributed by atoms with Gasteiger partial charge in [0.15, 0.2) is 10.0 Å². The van der Waals surface area contributed by atoms with E-state index in [4.69, 9.17) is 0 Å². The summed E-state index contributed by atoms with van der Waals surface area (Å²) in [5.41, 5.74) is 0. The van der Waals surface area contributed by atoms with Crippen molar-refractivity contribution in [3.8, 4) is 0 Å². The molecule has 0 amide bonds. The number of hydrogen-bond donors (Lipinski definition) is 0. The van der Waals surface area contributed by atoms with Crippen LogP contribution >= 0.6 is 0 Å². The van der Waals surface area contributed by atoms with Crippen LogP contribution in [0.5, 0.6) is 0 Å². The Morgan fingerprint density at radius 2 is 1.19 bits per heavy atom. The van der Waals surface area contributed by atoms with Gasteiger partial charge in [0.25, 0.3) is 0 Å². The minimum Gasteiger partial charge on any atom is -0.402 e. The molecule has 5 nitrogen and oxygen atoms in total. The topological polar surface area (TPSA) is 82.4 Å². The summed E-state index contributed by atoms with van der Waals surface area (Å²) in [5.74, 6) is 0. The van der Waals surface area contributed by atoms with Crippen molar-refractivity contribution in [1.29, 1.82) is 0 Å². The quantitative estimate of drug-likeness (QED) is 0.344. The van der Waals surface area contributed by atoms with Gasteiger partial charge in [0, 0.05) is 0 Å². The van der Waals surface area contributed by atoms with Gasteiger partial charge in [0.1, 0.15) is 0 Å². The Hall–Kier alpha value is 1.08. The Bertz CT molecular complexity index is 438. The van der Waals surface area contributed by atoms with E-state index >= 15 is 0 Å². The van der Waals surface area contributed by atoms with E-state index in [1.807, 2.05) is 0 Å². The minimum atomic E-state index is -6.87. The molecule has 0 aromatic carbocycles. The van der Waals surface area contributed by atoms with Gasteiger partial charge in [-0.05, 0) is 0 Å². The summed E-state index contributed by atoms with van der Waals surface area (Å²) in [6.45, 7) is 0. The van der Waals surface area contributed by atoms with Crippen molar-refractivity contribution in [2.75, 3.05) is 0 Å². The molecule has 0 saturated heterocycles. The van der Waals surface area contributed by atoms with Gasteiger partial charge in [-0.1, -0.05) is 0 Å². The molecule has 0 saturated carbocycles. The van der Waals surface area contributed by atoms with E-state index in [0.29, 0.717) is 0 Å². The normalized spacial score (nSPS) is 14.4. The van der Waals surface area contributed by atoms with Crippen molar-refractivity contribution >= 4 is 20.4 Å². The largest absolute Gasteiger partial charge is 1.00 e. The van der Waals surface area contributed by atoms with Gasteiger partial charge in [-0.3, -0.25) is 0 Å². The molecular weight excluding hydrogens is 319 g/mol. The summed E-state index contributed by atoms with van der Waals surface area (Å²) in [4.78, 5) is 0. The van der Waals surface area contributed by atoms with Gasteiger partial charge in [-0.25, -0.2) is 16.8 Å². The molecule has 0 atom stereocenters. The van der Waals surface area contributed by atoms with Crippen molar-refractivity contribution in [2.45, 2.75) is 11.4 Å². The SMILES string of the molecule is O=S(=O)(F)[N-]S(=O)(=O)C(F)(F)C(F)(F)F.[K+]. The summed E-state index contributed by atoms with van der Waals surface area (Å²) in [5, 5.41) is -6.47. The number of alkyl halides is 5. The van der Waals surface area contributed by atoms with E-state index < -0.39 is 31.9 Å².